The minimum atomic E-state index is -0.865. The largest absolute Gasteiger partial charge is 0.337 e. The molecule has 2 aromatic rings. The van der Waals surface area contributed by atoms with E-state index in [0.29, 0.717) is 12.2 Å². The normalized spacial score (nSPS) is 20.9. The molecule has 1 aromatic heterocycles. The zero-order chi connectivity index (χ0) is 16.6. The Morgan fingerprint density at radius 2 is 2.04 bits per heavy atom. The maximum absolute atomic E-state index is 12.4. The smallest absolute Gasteiger partial charge is 0.325 e. The van der Waals surface area contributed by atoms with E-state index in [0.717, 1.165) is 16.0 Å². The van der Waals surface area contributed by atoms with Crippen molar-refractivity contribution in [2.75, 3.05) is 0 Å². The van der Waals surface area contributed by atoms with Crippen LogP contribution in [0.4, 0.5) is 4.79 Å². The number of benzene rings is 1. The van der Waals surface area contributed by atoms with Crippen LogP contribution in [-0.2, 0) is 11.3 Å². The third kappa shape index (κ3) is 2.58. The Balaban J connectivity index is 1.82. The first-order chi connectivity index (χ1) is 10.9. The number of hydrogen-bond acceptors (Lipinski definition) is 5. The standard InChI is InChI=1S/C16H18N4O3/c1-4-16(3)14(21)20(15(22)18-16)9-12-17-13(19-23-12)11-8-6-5-7-10(11)2/h5-8H,4,9H2,1-3H3,(H,18,22)/t16-/m0/s1. The van der Waals surface area contributed by atoms with Crippen LogP contribution in [0, 0.1) is 6.92 Å². The molecule has 7 heteroatoms. The van der Waals surface area contributed by atoms with E-state index in [-0.39, 0.29) is 18.3 Å². The molecular formula is C16H18N4O3. The minimum Gasteiger partial charge on any atom is -0.337 e. The number of carbonyl (C=O) groups excluding carboxylic acids is 2. The monoisotopic (exact) mass is 314 g/mol. The van der Waals surface area contributed by atoms with Crippen molar-refractivity contribution in [3.8, 4) is 11.4 Å². The molecule has 1 aliphatic rings. The van der Waals surface area contributed by atoms with Gasteiger partial charge in [0.2, 0.25) is 11.7 Å². The van der Waals surface area contributed by atoms with Crippen molar-refractivity contribution in [2.24, 2.45) is 0 Å². The maximum atomic E-state index is 12.4. The summed E-state index contributed by atoms with van der Waals surface area (Å²) in [4.78, 5) is 29.8. The minimum absolute atomic E-state index is 0.0286. The number of hydrogen-bond donors (Lipinski definition) is 1. The molecule has 0 radical (unpaired) electrons. The average molecular weight is 314 g/mol. The molecule has 0 saturated carbocycles. The van der Waals surface area contributed by atoms with Crippen LogP contribution in [0.5, 0.6) is 0 Å². The summed E-state index contributed by atoms with van der Waals surface area (Å²) >= 11 is 0. The predicted molar refractivity (Wildman–Crippen MR) is 82.2 cm³/mol. The fourth-order valence-electron chi connectivity index (χ4n) is 2.52. The number of aryl methyl sites for hydroxylation is 1. The molecule has 0 bridgehead atoms. The first kappa shape index (κ1) is 15.2. The molecule has 1 atom stereocenters. The molecule has 1 N–H and O–H groups in total. The Morgan fingerprint density at radius 1 is 1.30 bits per heavy atom. The van der Waals surface area contributed by atoms with Gasteiger partial charge >= 0.3 is 6.03 Å². The van der Waals surface area contributed by atoms with Gasteiger partial charge in [0.1, 0.15) is 12.1 Å². The van der Waals surface area contributed by atoms with Crippen LogP contribution in [0.2, 0.25) is 0 Å². The Morgan fingerprint density at radius 3 is 2.70 bits per heavy atom. The lowest BCUT2D eigenvalue weighted by Gasteiger charge is -2.18. The number of aromatic nitrogens is 2. The van der Waals surface area contributed by atoms with Gasteiger partial charge in [-0.05, 0) is 25.8 Å². The SMILES string of the molecule is CC[C@]1(C)NC(=O)N(Cc2nc(-c3ccccc3C)no2)C1=O. The lowest BCUT2D eigenvalue weighted by atomic mass is 9.99. The second kappa shape index (κ2) is 5.49. The highest BCUT2D eigenvalue weighted by molar-refractivity contribution is 6.06. The molecule has 1 fully saturated rings. The summed E-state index contributed by atoms with van der Waals surface area (Å²) in [6.07, 6.45) is 0.520. The fraction of sp³-hybridized carbons (Fsp3) is 0.375. The second-order valence-electron chi connectivity index (χ2n) is 5.83. The van der Waals surface area contributed by atoms with E-state index in [1.54, 1.807) is 6.92 Å². The molecule has 120 valence electrons. The lowest BCUT2D eigenvalue weighted by Crippen LogP contribution is -2.43. The Bertz CT molecular complexity index is 770. The summed E-state index contributed by atoms with van der Waals surface area (Å²) < 4.78 is 5.20. The molecule has 3 amide bonds. The van der Waals surface area contributed by atoms with Gasteiger partial charge in [-0.2, -0.15) is 4.98 Å². The van der Waals surface area contributed by atoms with E-state index >= 15 is 0 Å². The van der Waals surface area contributed by atoms with Crippen molar-refractivity contribution >= 4 is 11.9 Å². The van der Waals surface area contributed by atoms with E-state index in [9.17, 15) is 9.59 Å². The van der Waals surface area contributed by atoms with Gasteiger partial charge in [0.05, 0.1) is 0 Å². The first-order valence-corrected chi connectivity index (χ1v) is 7.47. The average Bonchev–Trinajstić information content (AvgIpc) is 3.07. The zero-order valence-electron chi connectivity index (χ0n) is 13.3. The summed E-state index contributed by atoms with van der Waals surface area (Å²) in [5, 5.41) is 6.64. The number of nitrogens with one attached hydrogen (secondary N) is 1. The number of imide groups is 1. The van der Waals surface area contributed by atoms with Gasteiger partial charge in [-0.15, -0.1) is 0 Å². The van der Waals surface area contributed by atoms with Crippen molar-refractivity contribution in [3.63, 3.8) is 0 Å². The molecule has 1 aromatic carbocycles. The highest BCUT2D eigenvalue weighted by atomic mass is 16.5. The molecule has 2 heterocycles. The summed E-state index contributed by atoms with van der Waals surface area (Å²) in [6, 6.07) is 7.23. The molecular weight excluding hydrogens is 296 g/mol. The van der Waals surface area contributed by atoms with E-state index in [4.69, 9.17) is 4.52 Å². The van der Waals surface area contributed by atoms with Crippen LogP contribution >= 0.6 is 0 Å². The zero-order valence-corrected chi connectivity index (χ0v) is 13.3. The summed E-state index contributed by atoms with van der Waals surface area (Å²) in [5.41, 5.74) is 1.02. The molecule has 1 saturated heterocycles. The number of urea groups is 1. The summed E-state index contributed by atoms with van der Waals surface area (Å²) in [5.74, 6) is 0.399. The van der Waals surface area contributed by atoms with Gasteiger partial charge in [0, 0.05) is 5.56 Å². The number of rotatable bonds is 4. The van der Waals surface area contributed by atoms with E-state index < -0.39 is 11.6 Å². The van der Waals surface area contributed by atoms with Gasteiger partial charge in [0.25, 0.3) is 5.91 Å². The van der Waals surface area contributed by atoms with Crippen LogP contribution in [0.3, 0.4) is 0 Å². The third-order valence-corrected chi connectivity index (χ3v) is 4.20. The van der Waals surface area contributed by atoms with E-state index in [2.05, 4.69) is 15.5 Å². The first-order valence-electron chi connectivity index (χ1n) is 7.47. The van der Waals surface area contributed by atoms with Gasteiger partial charge in [-0.25, -0.2) is 4.79 Å². The van der Waals surface area contributed by atoms with Crippen LogP contribution in [0.1, 0.15) is 31.7 Å². The molecule has 23 heavy (non-hydrogen) atoms. The van der Waals surface area contributed by atoms with Gasteiger partial charge in [-0.1, -0.05) is 36.3 Å². The Kier molecular flexibility index (Phi) is 3.63. The quantitative estimate of drug-likeness (QED) is 0.875. The maximum Gasteiger partial charge on any atom is 0.325 e. The van der Waals surface area contributed by atoms with Crippen molar-refractivity contribution in [2.45, 2.75) is 39.3 Å². The molecule has 0 unspecified atom stereocenters. The van der Waals surface area contributed by atoms with Crippen molar-refractivity contribution in [1.29, 1.82) is 0 Å². The van der Waals surface area contributed by atoms with Gasteiger partial charge in [0.15, 0.2) is 0 Å². The van der Waals surface area contributed by atoms with Crippen LogP contribution in [0.15, 0.2) is 28.8 Å². The van der Waals surface area contributed by atoms with Crippen LogP contribution in [-0.4, -0.2) is 32.5 Å². The lowest BCUT2D eigenvalue weighted by molar-refractivity contribution is -0.131. The molecule has 7 nitrogen and oxygen atoms in total. The number of carbonyl (C=O) groups is 2. The molecule has 0 spiro atoms. The Labute approximate surface area is 133 Å². The predicted octanol–water partition coefficient (Wildman–Crippen LogP) is 2.27. The Hall–Kier alpha value is -2.70. The molecule has 1 aliphatic heterocycles. The topological polar surface area (TPSA) is 88.3 Å². The number of nitrogens with zero attached hydrogens (tertiary/aromatic N) is 3. The highest BCUT2D eigenvalue weighted by Crippen LogP contribution is 2.24. The van der Waals surface area contributed by atoms with Gasteiger partial charge < -0.3 is 9.84 Å². The second-order valence-corrected chi connectivity index (χ2v) is 5.83. The van der Waals surface area contributed by atoms with Crippen LogP contribution in [0.25, 0.3) is 11.4 Å². The van der Waals surface area contributed by atoms with E-state index in [1.165, 1.54) is 0 Å². The molecule has 3 rings (SSSR count). The summed E-state index contributed by atoms with van der Waals surface area (Å²) in [7, 11) is 0. The highest BCUT2D eigenvalue weighted by Gasteiger charge is 2.46. The third-order valence-electron chi connectivity index (χ3n) is 4.20. The van der Waals surface area contributed by atoms with Crippen molar-refractivity contribution < 1.29 is 14.1 Å². The number of amides is 3. The van der Waals surface area contributed by atoms with Gasteiger partial charge in [-0.3, -0.25) is 9.69 Å². The van der Waals surface area contributed by atoms with Crippen LogP contribution < -0.4 is 5.32 Å². The summed E-state index contributed by atoms with van der Waals surface area (Å²) in [6.45, 7) is 5.49. The molecule has 0 aliphatic carbocycles. The van der Waals surface area contributed by atoms with Crippen molar-refractivity contribution in [3.05, 3.63) is 35.7 Å². The van der Waals surface area contributed by atoms with E-state index in [1.807, 2.05) is 38.1 Å². The van der Waals surface area contributed by atoms with Crippen molar-refractivity contribution in [1.82, 2.24) is 20.4 Å². The fourth-order valence-corrected chi connectivity index (χ4v) is 2.52.